The average Bonchev–Trinajstić information content (AvgIpc) is 2.68. The molecule has 1 amide bonds. The highest BCUT2D eigenvalue weighted by Crippen LogP contribution is 2.26. The molecule has 0 spiro atoms. The molecule has 0 saturated heterocycles. The van der Waals surface area contributed by atoms with Crippen LogP contribution in [0.2, 0.25) is 0 Å². The Kier molecular flexibility index (Phi) is 7.88. The van der Waals surface area contributed by atoms with Crippen LogP contribution in [-0.4, -0.2) is 38.5 Å². The number of hydrogen-bond acceptors (Lipinski definition) is 6. The summed E-state index contributed by atoms with van der Waals surface area (Å²) in [5, 5.41) is 4.06. The van der Waals surface area contributed by atoms with Gasteiger partial charge in [0, 0.05) is 23.3 Å². The molecule has 0 aliphatic carbocycles. The van der Waals surface area contributed by atoms with Crippen LogP contribution >= 0.6 is 0 Å². The van der Waals surface area contributed by atoms with Gasteiger partial charge in [0.05, 0.1) is 32.6 Å². The van der Waals surface area contributed by atoms with Crippen molar-refractivity contribution in [3.8, 4) is 23.0 Å². The van der Waals surface area contributed by atoms with Crippen LogP contribution in [0, 0.1) is 0 Å². The second kappa shape index (κ2) is 10.4. The minimum atomic E-state index is -0.385. The van der Waals surface area contributed by atoms with Crippen LogP contribution in [0.25, 0.3) is 0 Å². The Morgan fingerprint density at radius 3 is 2.07 bits per heavy atom. The summed E-state index contributed by atoms with van der Waals surface area (Å²) >= 11 is 0. The fraction of sp³-hybridized carbons (Fsp3) is 0.364. The Morgan fingerprint density at radius 2 is 1.52 bits per heavy atom. The maximum absolute atomic E-state index is 12.4. The van der Waals surface area contributed by atoms with E-state index in [0.717, 1.165) is 5.56 Å². The topological polar surface area (TPSA) is 78.4 Å². The number of amides is 1. The lowest BCUT2D eigenvalue weighted by molar-refractivity contribution is 0.0954. The lowest BCUT2D eigenvalue weighted by atomic mass is 10.2. The fourth-order valence-electron chi connectivity index (χ4n) is 2.49. The molecule has 7 heteroatoms. The molecule has 0 aliphatic heterocycles. The monoisotopic (exact) mass is 400 g/mol. The van der Waals surface area contributed by atoms with Gasteiger partial charge >= 0.3 is 0 Å². The minimum Gasteiger partial charge on any atom is -0.497 e. The maximum atomic E-state index is 12.4. The van der Waals surface area contributed by atoms with E-state index in [0.29, 0.717) is 28.6 Å². The molecule has 0 radical (unpaired) electrons. The number of methoxy groups -OCH3 is 2. The molecule has 2 rings (SSSR count). The van der Waals surface area contributed by atoms with Crippen LogP contribution in [0.3, 0.4) is 0 Å². The van der Waals surface area contributed by atoms with Gasteiger partial charge in [-0.05, 0) is 52.0 Å². The van der Waals surface area contributed by atoms with Gasteiger partial charge in [-0.15, -0.1) is 0 Å². The lowest BCUT2D eigenvalue weighted by Crippen LogP contribution is -2.18. The lowest BCUT2D eigenvalue weighted by Gasteiger charge is -2.15. The second-order valence-electron chi connectivity index (χ2n) is 6.83. The third kappa shape index (κ3) is 6.71. The van der Waals surface area contributed by atoms with E-state index >= 15 is 0 Å². The van der Waals surface area contributed by atoms with Gasteiger partial charge in [-0.3, -0.25) is 4.79 Å². The van der Waals surface area contributed by atoms with Crippen LogP contribution in [0.1, 0.15) is 43.6 Å². The van der Waals surface area contributed by atoms with Crippen molar-refractivity contribution in [2.75, 3.05) is 14.2 Å². The van der Waals surface area contributed by atoms with E-state index in [1.54, 1.807) is 18.2 Å². The van der Waals surface area contributed by atoms with E-state index in [9.17, 15) is 4.79 Å². The van der Waals surface area contributed by atoms with Crippen molar-refractivity contribution < 1.29 is 23.7 Å². The molecule has 2 aromatic rings. The standard InChI is InChI=1S/C22H28N2O5/c1-14(2)28-18-8-7-16(21(12-18)29-15(3)4)13-23-24-22(25)17-9-19(26-5)11-20(10-17)27-6/h7-15H,1-6H3,(H,24,25)/b23-13-. The summed E-state index contributed by atoms with van der Waals surface area (Å²) in [6.07, 6.45) is 1.57. The van der Waals surface area contributed by atoms with Gasteiger partial charge in [-0.1, -0.05) is 0 Å². The van der Waals surface area contributed by atoms with Gasteiger partial charge in [-0.2, -0.15) is 5.10 Å². The predicted molar refractivity (Wildman–Crippen MR) is 113 cm³/mol. The molecule has 0 unspecified atom stereocenters. The molecule has 0 aromatic heterocycles. The van der Waals surface area contributed by atoms with E-state index in [-0.39, 0.29) is 18.1 Å². The molecule has 0 bridgehead atoms. The smallest absolute Gasteiger partial charge is 0.271 e. The number of carbonyl (C=O) groups excluding carboxylic acids is 1. The maximum Gasteiger partial charge on any atom is 0.271 e. The van der Waals surface area contributed by atoms with Gasteiger partial charge in [0.15, 0.2) is 0 Å². The Hall–Kier alpha value is -3.22. The van der Waals surface area contributed by atoms with Crippen LogP contribution in [0.5, 0.6) is 23.0 Å². The highest BCUT2D eigenvalue weighted by Gasteiger charge is 2.10. The van der Waals surface area contributed by atoms with Crippen LogP contribution in [0.4, 0.5) is 0 Å². The first-order chi connectivity index (χ1) is 13.8. The van der Waals surface area contributed by atoms with Crippen LogP contribution in [-0.2, 0) is 0 Å². The number of benzene rings is 2. The zero-order valence-electron chi connectivity index (χ0n) is 17.7. The zero-order valence-corrected chi connectivity index (χ0v) is 17.7. The Bertz CT molecular complexity index is 840. The number of rotatable bonds is 9. The van der Waals surface area contributed by atoms with Gasteiger partial charge in [-0.25, -0.2) is 5.43 Å². The molecule has 0 heterocycles. The molecular weight excluding hydrogens is 372 g/mol. The first-order valence-electron chi connectivity index (χ1n) is 9.36. The van der Waals surface area contributed by atoms with Gasteiger partial charge in [0.25, 0.3) is 5.91 Å². The number of carbonyl (C=O) groups is 1. The molecular formula is C22H28N2O5. The van der Waals surface area contributed by atoms with Crippen molar-refractivity contribution in [2.24, 2.45) is 5.10 Å². The van der Waals surface area contributed by atoms with Crippen molar-refractivity contribution in [1.82, 2.24) is 5.43 Å². The van der Waals surface area contributed by atoms with Crippen molar-refractivity contribution in [3.63, 3.8) is 0 Å². The van der Waals surface area contributed by atoms with E-state index in [2.05, 4.69) is 10.5 Å². The molecule has 156 valence electrons. The summed E-state index contributed by atoms with van der Waals surface area (Å²) in [5.74, 6) is 1.99. The molecule has 0 saturated carbocycles. The summed E-state index contributed by atoms with van der Waals surface area (Å²) in [5.41, 5.74) is 3.60. The molecule has 2 aromatic carbocycles. The highest BCUT2D eigenvalue weighted by molar-refractivity contribution is 5.96. The van der Waals surface area contributed by atoms with E-state index in [1.807, 2.05) is 45.9 Å². The first kappa shape index (κ1) is 22.1. The average molecular weight is 400 g/mol. The van der Waals surface area contributed by atoms with Crippen molar-refractivity contribution in [3.05, 3.63) is 47.5 Å². The number of ether oxygens (including phenoxy) is 4. The van der Waals surface area contributed by atoms with Crippen LogP contribution in [0.15, 0.2) is 41.5 Å². The molecule has 29 heavy (non-hydrogen) atoms. The SMILES string of the molecule is COc1cc(OC)cc(C(=O)N/N=C\c2ccc(OC(C)C)cc2OC(C)C)c1. The van der Waals surface area contributed by atoms with Crippen LogP contribution < -0.4 is 24.4 Å². The Labute approximate surface area is 171 Å². The quantitative estimate of drug-likeness (QED) is 0.508. The normalized spacial score (nSPS) is 11.0. The molecule has 1 N–H and O–H groups in total. The summed E-state index contributed by atoms with van der Waals surface area (Å²) < 4.78 is 21.9. The molecule has 0 atom stereocenters. The largest absolute Gasteiger partial charge is 0.497 e. The Balaban J connectivity index is 2.17. The van der Waals surface area contributed by atoms with E-state index in [1.165, 1.54) is 20.4 Å². The number of hydrogen-bond donors (Lipinski definition) is 1. The number of hydrazone groups is 1. The third-order valence-electron chi connectivity index (χ3n) is 3.70. The number of nitrogens with one attached hydrogen (secondary N) is 1. The summed E-state index contributed by atoms with van der Waals surface area (Å²) in [7, 11) is 3.05. The zero-order chi connectivity index (χ0) is 21.4. The predicted octanol–water partition coefficient (Wildman–Crippen LogP) is 4.04. The van der Waals surface area contributed by atoms with Crippen molar-refractivity contribution in [1.29, 1.82) is 0 Å². The van der Waals surface area contributed by atoms with Crippen molar-refractivity contribution in [2.45, 2.75) is 39.9 Å². The Morgan fingerprint density at radius 1 is 0.897 bits per heavy atom. The van der Waals surface area contributed by atoms with Gasteiger partial charge < -0.3 is 18.9 Å². The minimum absolute atomic E-state index is 0.0183. The highest BCUT2D eigenvalue weighted by atomic mass is 16.5. The van der Waals surface area contributed by atoms with Crippen molar-refractivity contribution >= 4 is 12.1 Å². The molecule has 7 nitrogen and oxygen atoms in total. The van der Waals surface area contributed by atoms with Gasteiger partial charge in [0.2, 0.25) is 0 Å². The molecule has 0 fully saturated rings. The third-order valence-corrected chi connectivity index (χ3v) is 3.70. The number of nitrogens with zero attached hydrogens (tertiary/aromatic N) is 1. The fourth-order valence-corrected chi connectivity index (χ4v) is 2.49. The van der Waals surface area contributed by atoms with Gasteiger partial charge in [0.1, 0.15) is 23.0 Å². The first-order valence-corrected chi connectivity index (χ1v) is 9.36. The summed E-state index contributed by atoms with van der Waals surface area (Å²) in [6, 6.07) is 10.4. The second-order valence-corrected chi connectivity index (χ2v) is 6.83. The molecule has 0 aliphatic rings. The van der Waals surface area contributed by atoms with E-state index in [4.69, 9.17) is 18.9 Å². The summed E-state index contributed by atoms with van der Waals surface area (Å²) in [6.45, 7) is 7.80. The van der Waals surface area contributed by atoms with E-state index < -0.39 is 0 Å². The summed E-state index contributed by atoms with van der Waals surface area (Å²) in [4.78, 5) is 12.4.